The normalized spacial score (nSPS) is 20.2. The average Bonchev–Trinajstić information content (AvgIpc) is 3.84. The highest BCUT2D eigenvalue weighted by atomic mass is 35.5. The summed E-state index contributed by atoms with van der Waals surface area (Å²) in [4.78, 5) is 79.6. The number of imide groups is 2. The Kier molecular flexibility index (Phi) is 10.5. The molecule has 332 valence electrons. The van der Waals surface area contributed by atoms with E-state index >= 15 is 4.39 Å². The number of aromatic nitrogens is 2. The van der Waals surface area contributed by atoms with E-state index in [9.17, 15) is 29.2 Å². The van der Waals surface area contributed by atoms with Crippen LogP contribution in [0.2, 0.25) is 5.02 Å². The highest BCUT2D eigenvalue weighted by molar-refractivity contribution is 6.32. The predicted octanol–water partition coefficient (Wildman–Crippen LogP) is 6.78. The number of carbonyl (C=O) groups excluding carboxylic acids is 5. The van der Waals surface area contributed by atoms with Crippen molar-refractivity contribution in [2.45, 2.75) is 64.5 Å². The van der Waals surface area contributed by atoms with E-state index in [1.807, 2.05) is 61.7 Å². The van der Waals surface area contributed by atoms with Gasteiger partial charge in [0.25, 0.3) is 11.8 Å². The number of halogens is 2. The summed E-state index contributed by atoms with van der Waals surface area (Å²) in [5.41, 5.74) is 4.89. The molecular weight excluding hydrogens is 849 g/mol. The SMILES string of the molecule is CCn1c2c(c3ccc(N4CCN(CC5CCN(c6ccc(-c7ccc8c(c7)C(C)(C)C(=O)N8c7ccc(C#N)c(Cl)c7)c(F)n6)CC5)CC4)cc31)C(=O)N(C1CCC(=O)NC1=O)C2=O. The minimum atomic E-state index is -1.01. The lowest BCUT2D eigenvalue weighted by atomic mass is 9.85. The maximum atomic E-state index is 15.9. The van der Waals surface area contributed by atoms with Crippen molar-refractivity contribution in [3.63, 3.8) is 0 Å². The molecule has 5 aliphatic rings. The van der Waals surface area contributed by atoms with Crippen LogP contribution in [0.5, 0.6) is 0 Å². The summed E-state index contributed by atoms with van der Waals surface area (Å²) < 4.78 is 17.7. The summed E-state index contributed by atoms with van der Waals surface area (Å²) in [7, 11) is 0. The molecule has 10 rings (SSSR count). The zero-order chi connectivity index (χ0) is 45.5. The first-order valence-corrected chi connectivity index (χ1v) is 22.6. The van der Waals surface area contributed by atoms with Crippen molar-refractivity contribution in [2.75, 3.05) is 60.5 Å². The van der Waals surface area contributed by atoms with Crippen LogP contribution in [0.4, 0.5) is 27.3 Å². The van der Waals surface area contributed by atoms with E-state index < -0.39 is 41.0 Å². The molecule has 3 saturated heterocycles. The van der Waals surface area contributed by atoms with Crippen molar-refractivity contribution >= 4 is 74.9 Å². The molecule has 1 atom stereocenters. The van der Waals surface area contributed by atoms with Crippen LogP contribution in [0.3, 0.4) is 0 Å². The number of carbonyl (C=O) groups is 5. The van der Waals surface area contributed by atoms with E-state index in [1.165, 1.54) is 0 Å². The third-order valence-electron chi connectivity index (χ3n) is 14.1. The summed E-state index contributed by atoms with van der Waals surface area (Å²) in [5, 5.41) is 12.5. The summed E-state index contributed by atoms with van der Waals surface area (Å²) in [6, 6.07) is 21.1. The number of aryl methyl sites for hydroxylation is 1. The molecule has 5 aromatic rings. The van der Waals surface area contributed by atoms with Gasteiger partial charge in [0.15, 0.2) is 0 Å². The number of piperazine rings is 1. The molecule has 0 bridgehead atoms. The van der Waals surface area contributed by atoms with Gasteiger partial charge in [0, 0.05) is 75.4 Å². The molecule has 0 aliphatic carbocycles. The van der Waals surface area contributed by atoms with Crippen LogP contribution in [-0.2, 0) is 26.3 Å². The van der Waals surface area contributed by atoms with Crippen LogP contribution in [0.15, 0.2) is 66.7 Å². The van der Waals surface area contributed by atoms with Crippen molar-refractivity contribution in [3.05, 3.63) is 100 Å². The highest BCUT2D eigenvalue weighted by Gasteiger charge is 2.48. The van der Waals surface area contributed by atoms with Gasteiger partial charge in [-0.1, -0.05) is 17.7 Å². The Hall–Kier alpha value is -6.63. The molecule has 65 heavy (non-hydrogen) atoms. The molecule has 5 aliphatic heterocycles. The third kappa shape index (κ3) is 7.01. The lowest BCUT2D eigenvalue weighted by Gasteiger charge is -2.40. The second kappa shape index (κ2) is 16.1. The Labute approximate surface area is 380 Å². The second-order valence-corrected chi connectivity index (χ2v) is 18.5. The lowest BCUT2D eigenvalue weighted by molar-refractivity contribution is -0.136. The molecule has 0 saturated carbocycles. The van der Waals surface area contributed by atoms with Gasteiger partial charge in [0.05, 0.1) is 38.5 Å². The Bertz CT molecular complexity index is 2910. The largest absolute Gasteiger partial charge is 0.369 e. The number of piperidine rings is 2. The first kappa shape index (κ1) is 42.3. The lowest BCUT2D eigenvalue weighted by Crippen LogP contribution is -2.54. The number of fused-ring (bicyclic) bond motifs is 4. The summed E-state index contributed by atoms with van der Waals surface area (Å²) in [6.45, 7) is 12.1. The van der Waals surface area contributed by atoms with E-state index in [-0.39, 0.29) is 23.8 Å². The number of pyridine rings is 1. The highest BCUT2D eigenvalue weighted by Crippen LogP contribution is 2.47. The van der Waals surface area contributed by atoms with Crippen molar-refractivity contribution in [3.8, 4) is 17.2 Å². The van der Waals surface area contributed by atoms with Gasteiger partial charge < -0.3 is 14.4 Å². The van der Waals surface area contributed by atoms with Crippen LogP contribution in [0.25, 0.3) is 22.0 Å². The second-order valence-electron chi connectivity index (χ2n) is 18.1. The molecular formula is C49H47ClFN9O5. The van der Waals surface area contributed by atoms with Gasteiger partial charge in [-0.25, -0.2) is 4.98 Å². The standard InChI is InChI=1S/C49H47ClFN9O5/c1-4-58-39-25-31(8-9-34(39)42-43(58)47(64)60(46(42)63)38-12-14-41(61)54-45(38)62)56-21-19-55(20-22-56)27-28-15-17-57(18-16-28)40-13-10-33(44(51)53-40)29-6-11-37-35(23-29)49(2,3)48(65)59(37)32-7-5-30(26-52)36(50)24-32/h5-11,13,23-25,28,38H,4,12,14-22,27H2,1-3H3,(H,54,61,62). The molecule has 3 aromatic carbocycles. The molecule has 1 unspecified atom stereocenters. The topological polar surface area (TPSA) is 155 Å². The fourth-order valence-electron chi connectivity index (χ4n) is 10.4. The van der Waals surface area contributed by atoms with Crippen molar-refractivity contribution in [1.29, 1.82) is 5.26 Å². The zero-order valence-corrected chi connectivity index (χ0v) is 37.1. The Morgan fingerprint density at radius 2 is 1.62 bits per heavy atom. The molecule has 14 nitrogen and oxygen atoms in total. The van der Waals surface area contributed by atoms with Gasteiger partial charge in [-0.05, 0) is 118 Å². The number of anilines is 4. The van der Waals surface area contributed by atoms with Crippen molar-refractivity contribution in [2.24, 2.45) is 5.92 Å². The number of nitriles is 1. The minimum Gasteiger partial charge on any atom is -0.369 e. The van der Waals surface area contributed by atoms with Gasteiger partial charge in [0.2, 0.25) is 23.7 Å². The Morgan fingerprint density at radius 1 is 0.862 bits per heavy atom. The fourth-order valence-corrected chi connectivity index (χ4v) is 10.7. The first-order valence-electron chi connectivity index (χ1n) is 22.2. The quantitative estimate of drug-likeness (QED) is 0.130. The van der Waals surface area contributed by atoms with Gasteiger partial charge in [-0.2, -0.15) is 9.65 Å². The van der Waals surface area contributed by atoms with Crippen LogP contribution in [0, 0.1) is 23.2 Å². The first-order chi connectivity index (χ1) is 31.3. The molecule has 0 spiro atoms. The van der Waals surface area contributed by atoms with E-state index in [4.69, 9.17) is 11.6 Å². The number of rotatable bonds is 8. The Morgan fingerprint density at radius 3 is 2.31 bits per heavy atom. The number of benzene rings is 3. The Balaban J connectivity index is 0.753. The summed E-state index contributed by atoms with van der Waals surface area (Å²) in [5.74, 6) is -1.62. The maximum absolute atomic E-state index is 15.9. The van der Waals surface area contributed by atoms with Crippen LogP contribution in [0.1, 0.15) is 78.4 Å². The number of hydrogen-bond acceptors (Lipinski definition) is 10. The van der Waals surface area contributed by atoms with Crippen LogP contribution >= 0.6 is 11.6 Å². The molecule has 16 heteroatoms. The maximum Gasteiger partial charge on any atom is 0.278 e. The zero-order valence-electron chi connectivity index (χ0n) is 36.4. The fraction of sp³-hybridized carbons (Fsp3) is 0.367. The van der Waals surface area contributed by atoms with Gasteiger partial charge in [0.1, 0.15) is 23.6 Å². The number of nitrogens with zero attached hydrogens (tertiary/aromatic N) is 8. The summed E-state index contributed by atoms with van der Waals surface area (Å²) in [6.07, 6.45) is 2.12. The van der Waals surface area contributed by atoms with Gasteiger partial charge >= 0.3 is 0 Å². The molecule has 0 radical (unpaired) electrons. The monoisotopic (exact) mass is 895 g/mol. The van der Waals surface area contributed by atoms with E-state index in [0.29, 0.717) is 63.0 Å². The third-order valence-corrected chi connectivity index (χ3v) is 14.4. The smallest absolute Gasteiger partial charge is 0.278 e. The number of nitrogens with one attached hydrogen (secondary N) is 1. The van der Waals surface area contributed by atoms with E-state index in [0.717, 1.165) is 80.3 Å². The number of hydrogen-bond donors (Lipinski definition) is 1. The molecule has 7 heterocycles. The van der Waals surface area contributed by atoms with E-state index in [1.54, 1.807) is 35.2 Å². The van der Waals surface area contributed by atoms with Gasteiger partial charge in [-0.3, -0.25) is 44.0 Å². The molecule has 1 N–H and O–H groups in total. The number of amides is 5. The predicted molar refractivity (Wildman–Crippen MR) is 244 cm³/mol. The van der Waals surface area contributed by atoms with Gasteiger partial charge in [-0.15, -0.1) is 0 Å². The minimum absolute atomic E-state index is 0.0733. The average molecular weight is 896 g/mol. The van der Waals surface area contributed by atoms with Crippen LogP contribution < -0.4 is 20.0 Å². The van der Waals surface area contributed by atoms with Crippen molar-refractivity contribution < 1.29 is 28.4 Å². The summed E-state index contributed by atoms with van der Waals surface area (Å²) >= 11 is 6.33. The molecule has 3 fully saturated rings. The van der Waals surface area contributed by atoms with E-state index in [2.05, 4.69) is 31.1 Å². The molecule has 5 amide bonds. The molecule has 2 aromatic heterocycles. The van der Waals surface area contributed by atoms with Crippen LogP contribution in [-0.4, -0.2) is 101 Å². The van der Waals surface area contributed by atoms with Crippen molar-refractivity contribution in [1.82, 2.24) is 24.7 Å².